The highest BCUT2D eigenvalue weighted by Crippen LogP contribution is 2.18. The molecule has 3 rings (SSSR count). The second-order valence-electron chi connectivity index (χ2n) is 6.28. The lowest BCUT2D eigenvalue weighted by Gasteiger charge is -2.23. The monoisotopic (exact) mass is 354 g/mol. The SMILES string of the molecule is CN(C(=O)c1cnc(NCC2CCCO2)nc1)C1CCS(=O)(=O)C1. The Balaban J connectivity index is 1.57. The molecule has 2 saturated heterocycles. The van der Waals surface area contributed by atoms with Crippen molar-refractivity contribution in [3.8, 4) is 0 Å². The van der Waals surface area contributed by atoms with Crippen molar-refractivity contribution in [1.82, 2.24) is 14.9 Å². The van der Waals surface area contributed by atoms with Crippen LogP contribution in [-0.4, -0.2) is 73.0 Å². The first-order valence-corrected chi connectivity index (χ1v) is 9.92. The van der Waals surface area contributed by atoms with E-state index in [4.69, 9.17) is 4.74 Å². The molecule has 0 radical (unpaired) electrons. The van der Waals surface area contributed by atoms with E-state index < -0.39 is 9.84 Å². The highest BCUT2D eigenvalue weighted by molar-refractivity contribution is 7.91. The van der Waals surface area contributed by atoms with Gasteiger partial charge in [-0.15, -0.1) is 0 Å². The first-order chi connectivity index (χ1) is 11.4. The third kappa shape index (κ3) is 4.02. The fourth-order valence-corrected chi connectivity index (χ4v) is 4.76. The Labute approximate surface area is 141 Å². The Bertz CT molecular complexity index is 686. The molecular weight excluding hydrogens is 332 g/mol. The molecule has 1 amide bonds. The van der Waals surface area contributed by atoms with E-state index >= 15 is 0 Å². The van der Waals surface area contributed by atoms with Crippen LogP contribution in [-0.2, 0) is 14.6 Å². The molecule has 3 heterocycles. The van der Waals surface area contributed by atoms with E-state index in [9.17, 15) is 13.2 Å². The smallest absolute Gasteiger partial charge is 0.257 e. The molecule has 2 fully saturated rings. The molecule has 9 heteroatoms. The maximum atomic E-state index is 12.4. The molecule has 0 saturated carbocycles. The summed E-state index contributed by atoms with van der Waals surface area (Å²) in [6.45, 7) is 1.44. The lowest BCUT2D eigenvalue weighted by atomic mass is 10.2. The third-order valence-corrected chi connectivity index (χ3v) is 6.24. The highest BCUT2D eigenvalue weighted by Gasteiger charge is 2.33. The standard InChI is InChI=1S/C15H22N4O4S/c1-19(12-4-6-24(21,22)10-12)14(20)11-7-16-15(17-8-11)18-9-13-3-2-5-23-13/h7-8,12-13H,2-6,9-10H2,1H3,(H,16,17,18). The van der Waals surface area contributed by atoms with E-state index in [2.05, 4.69) is 15.3 Å². The van der Waals surface area contributed by atoms with Crippen LogP contribution in [0.25, 0.3) is 0 Å². The number of anilines is 1. The van der Waals surface area contributed by atoms with Gasteiger partial charge in [0, 0.05) is 38.6 Å². The summed E-state index contributed by atoms with van der Waals surface area (Å²) in [5.74, 6) is 0.352. The Hall–Kier alpha value is -1.74. The molecule has 0 aliphatic carbocycles. The van der Waals surface area contributed by atoms with Crippen LogP contribution in [0, 0.1) is 0 Å². The Morgan fingerprint density at radius 2 is 2.12 bits per heavy atom. The summed E-state index contributed by atoms with van der Waals surface area (Å²) in [5, 5.41) is 3.10. The molecule has 0 bridgehead atoms. The van der Waals surface area contributed by atoms with E-state index in [0.29, 0.717) is 24.5 Å². The molecule has 1 aromatic heterocycles. The molecule has 0 spiro atoms. The van der Waals surface area contributed by atoms with Gasteiger partial charge in [0.2, 0.25) is 5.95 Å². The van der Waals surface area contributed by atoms with Crippen LogP contribution < -0.4 is 5.32 Å². The van der Waals surface area contributed by atoms with Gasteiger partial charge in [0.25, 0.3) is 5.91 Å². The number of ether oxygens (including phenoxy) is 1. The summed E-state index contributed by atoms with van der Waals surface area (Å²) in [7, 11) is -1.40. The second kappa shape index (κ2) is 7.02. The minimum Gasteiger partial charge on any atom is -0.376 e. The van der Waals surface area contributed by atoms with Crippen molar-refractivity contribution in [2.75, 3.05) is 37.0 Å². The van der Waals surface area contributed by atoms with Crippen LogP contribution in [0.4, 0.5) is 5.95 Å². The maximum absolute atomic E-state index is 12.4. The number of sulfone groups is 1. The van der Waals surface area contributed by atoms with Gasteiger partial charge in [0.1, 0.15) is 0 Å². The third-order valence-electron chi connectivity index (χ3n) is 4.49. The Kier molecular flexibility index (Phi) is 5.00. The summed E-state index contributed by atoms with van der Waals surface area (Å²) < 4.78 is 28.6. The largest absolute Gasteiger partial charge is 0.376 e. The molecule has 132 valence electrons. The zero-order chi connectivity index (χ0) is 17.2. The predicted molar refractivity (Wildman–Crippen MR) is 88.6 cm³/mol. The minimum atomic E-state index is -3.03. The molecule has 24 heavy (non-hydrogen) atoms. The van der Waals surface area contributed by atoms with Crippen molar-refractivity contribution in [2.45, 2.75) is 31.4 Å². The van der Waals surface area contributed by atoms with E-state index in [1.165, 1.54) is 17.3 Å². The molecule has 2 atom stereocenters. The van der Waals surface area contributed by atoms with Crippen LogP contribution in [0.3, 0.4) is 0 Å². The van der Waals surface area contributed by atoms with Gasteiger partial charge in [-0.3, -0.25) is 4.79 Å². The number of hydrogen-bond donors (Lipinski definition) is 1. The average molecular weight is 354 g/mol. The lowest BCUT2D eigenvalue weighted by molar-refractivity contribution is 0.0747. The van der Waals surface area contributed by atoms with Crippen LogP contribution in [0.15, 0.2) is 12.4 Å². The van der Waals surface area contributed by atoms with Crippen LogP contribution in [0.5, 0.6) is 0 Å². The van der Waals surface area contributed by atoms with Crippen molar-refractivity contribution in [3.05, 3.63) is 18.0 Å². The molecular formula is C15H22N4O4S. The molecule has 2 aliphatic heterocycles. The number of rotatable bonds is 5. The van der Waals surface area contributed by atoms with E-state index in [-0.39, 0.29) is 29.6 Å². The number of nitrogens with zero attached hydrogens (tertiary/aromatic N) is 3. The summed E-state index contributed by atoms with van der Waals surface area (Å²) in [4.78, 5) is 22.2. The van der Waals surface area contributed by atoms with Gasteiger partial charge in [0.15, 0.2) is 9.84 Å². The number of hydrogen-bond acceptors (Lipinski definition) is 7. The zero-order valence-corrected chi connectivity index (χ0v) is 14.5. The van der Waals surface area contributed by atoms with Gasteiger partial charge in [-0.25, -0.2) is 18.4 Å². The van der Waals surface area contributed by atoms with Crippen molar-refractivity contribution in [1.29, 1.82) is 0 Å². The molecule has 2 unspecified atom stereocenters. The van der Waals surface area contributed by atoms with Crippen molar-refractivity contribution >= 4 is 21.7 Å². The summed E-state index contributed by atoms with van der Waals surface area (Å²) in [5.41, 5.74) is 0.351. The van der Waals surface area contributed by atoms with Crippen molar-refractivity contribution < 1.29 is 17.9 Å². The number of carbonyl (C=O) groups is 1. The van der Waals surface area contributed by atoms with Gasteiger partial charge in [0.05, 0.1) is 23.2 Å². The first-order valence-electron chi connectivity index (χ1n) is 8.10. The molecule has 1 aromatic rings. The average Bonchev–Trinajstić information content (AvgIpc) is 3.21. The minimum absolute atomic E-state index is 0.0249. The fraction of sp³-hybridized carbons (Fsp3) is 0.667. The second-order valence-corrected chi connectivity index (χ2v) is 8.51. The van der Waals surface area contributed by atoms with Crippen LogP contribution >= 0.6 is 0 Å². The fourth-order valence-electron chi connectivity index (χ4n) is 2.99. The van der Waals surface area contributed by atoms with Gasteiger partial charge >= 0.3 is 0 Å². The maximum Gasteiger partial charge on any atom is 0.257 e. The Morgan fingerprint density at radius 1 is 1.38 bits per heavy atom. The normalized spacial score (nSPS) is 25.5. The van der Waals surface area contributed by atoms with Crippen molar-refractivity contribution in [3.63, 3.8) is 0 Å². The number of aromatic nitrogens is 2. The highest BCUT2D eigenvalue weighted by atomic mass is 32.2. The summed E-state index contributed by atoms with van der Waals surface area (Å²) in [6.07, 6.45) is 5.69. The number of carbonyl (C=O) groups excluding carboxylic acids is 1. The molecule has 1 N–H and O–H groups in total. The van der Waals surface area contributed by atoms with Crippen molar-refractivity contribution in [2.24, 2.45) is 0 Å². The molecule has 0 aromatic carbocycles. The van der Waals surface area contributed by atoms with Crippen LogP contribution in [0.1, 0.15) is 29.6 Å². The van der Waals surface area contributed by atoms with E-state index in [1.807, 2.05) is 0 Å². The quantitative estimate of drug-likeness (QED) is 0.813. The van der Waals surface area contributed by atoms with Gasteiger partial charge in [-0.1, -0.05) is 0 Å². The molecule has 2 aliphatic rings. The number of amides is 1. The zero-order valence-electron chi connectivity index (χ0n) is 13.6. The topological polar surface area (TPSA) is 101 Å². The number of nitrogens with one attached hydrogen (secondary N) is 1. The van der Waals surface area contributed by atoms with Gasteiger partial charge in [-0.2, -0.15) is 0 Å². The first kappa shape index (κ1) is 17.1. The van der Waals surface area contributed by atoms with E-state index in [0.717, 1.165) is 19.4 Å². The Morgan fingerprint density at radius 3 is 2.71 bits per heavy atom. The molecule has 8 nitrogen and oxygen atoms in total. The van der Waals surface area contributed by atoms with Gasteiger partial charge in [-0.05, 0) is 19.3 Å². The summed E-state index contributed by atoms with van der Waals surface area (Å²) >= 11 is 0. The lowest BCUT2D eigenvalue weighted by Crippen LogP contribution is -2.38. The predicted octanol–water partition coefficient (Wildman–Crippen LogP) is 0.327. The van der Waals surface area contributed by atoms with Gasteiger partial charge < -0.3 is 15.0 Å². The van der Waals surface area contributed by atoms with E-state index in [1.54, 1.807) is 7.05 Å². The summed E-state index contributed by atoms with van der Waals surface area (Å²) in [6, 6.07) is -0.278. The van der Waals surface area contributed by atoms with Crippen LogP contribution in [0.2, 0.25) is 0 Å².